The lowest BCUT2D eigenvalue weighted by Gasteiger charge is -2.18. The van der Waals surface area contributed by atoms with Crippen LogP contribution in [0.5, 0.6) is 0 Å². The number of carbonyl (C=O) groups is 1. The van der Waals surface area contributed by atoms with Gasteiger partial charge in [-0.25, -0.2) is 0 Å². The molecule has 106 valence electrons. The van der Waals surface area contributed by atoms with Crippen LogP contribution in [0.3, 0.4) is 0 Å². The summed E-state index contributed by atoms with van der Waals surface area (Å²) in [6.45, 7) is 6.27. The molecule has 5 heteroatoms. The summed E-state index contributed by atoms with van der Waals surface area (Å²) in [5.41, 5.74) is 6.42. The van der Waals surface area contributed by atoms with Gasteiger partial charge in [0.25, 0.3) is 5.91 Å². The second kappa shape index (κ2) is 7.01. The third-order valence-electron chi connectivity index (χ3n) is 3.13. The third-order valence-corrected chi connectivity index (χ3v) is 3.93. The average molecular weight is 303 g/mol. The smallest absolute Gasteiger partial charge is 0.253 e. The number of nitrogens with two attached hydrogens (primary N) is 1. The molecule has 1 aromatic carbocycles. The third kappa shape index (κ3) is 4.59. The SMILES string of the molecule is CCC(C)CC(C)NC(=O)c1cc(N)cc(Cl)c1Cl. The molecule has 0 bridgehead atoms. The Morgan fingerprint density at radius 1 is 1.37 bits per heavy atom. The molecule has 0 saturated heterocycles. The van der Waals surface area contributed by atoms with Crippen molar-refractivity contribution in [1.82, 2.24) is 5.32 Å². The van der Waals surface area contributed by atoms with Crippen LogP contribution in [0.2, 0.25) is 10.0 Å². The van der Waals surface area contributed by atoms with Gasteiger partial charge >= 0.3 is 0 Å². The van der Waals surface area contributed by atoms with Crippen molar-refractivity contribution in [3.8, 4) is 0 Å². The minimum atomic E-state index is -0.241. The molecular weight excluding hydrogens is 283 g/mol. The molecule has 3 nitrogen and oxygen atoms in total. The molecule has 0 aliphatic heterocycles. The molecule has 3 N–H and O–H groups in total. The van der Waals surface area contributed by atoms with Crippen molar-refractivity contribution in [2.75, 3.05) is 5.73 Å². The van der Waals surface area contributed by atoms with Crippen molar-refractivity contribution in [3.05, 3.63) is 27.7 Å². The number of nitrogen functional groups attached to an aromatic ring is 1. The number of hydrogen-bond acceptors (Lipinski definition) is 2. The molecular formula is C14H20Cl2N2O. The maximum absolute atomic E-state index is 12.1. The summed E-state index contributed by atoms with van der Waals surface area (Å²) < 4.78 is 0. The molecule has 0 fully saturated rings. The van der Waals surface area contributed by atoms with Crippen molar-refractivity contribution in [2.24, 2.45) is 5.92 Å². The minimum Gasteiger partial charge on any atom is -0.399 e. The normalized spacial score (nSPS) is 13.9. The Hall–Kier alpha value is -0.930. The Morgan fingerprint density at radius 3 is 2.58 bits per heavy atom. The topological polar surface area (TPSA) is 55.1 Å². The Morgan fingerprint density at radius 2 is 2.00 bits per heavy atom. The van der Waals surface area contributed by atoms with E-state index in [2.05, 4.69) is 19.2 Å². The van der Waals surface area contributed by atoms with Crippen molar-refractivity contribution in [1.29, 1.82) is 0 Å². The maximum Gasteiger partial charge on any atom is 0.253 e. The lowest BCUT2D eigenvalue weighted by atomic mass is 10.00. The van der Waals surface area contributed by atoms with Crippen LogP contribution in [-0.4, -0.2) is 11.9 Å². The number of benzene rings is 1. The van der Waals surface area contributed by atoms with Gasteiger partial charge in [0.15, 0.2) is 0 Å². The van der Waals surface area contributed by atoms with E-state index in [9.17, 15) is 4.79 Å². The van der Waals surface area contributed by atoms with Crippen molar-refractivity contribution in [3.63, 3.8) is 0 Å². The van der Waals surface area contributed by atoms with E-state index in [0.29, 0.717) is 22.2 Å². The van der Waals surface area contributed by atoms with Crippen LogP contribution in [0.1, 0.15) is 44.0 Å². The van der Waals surface area contributed by atoms with E-state index < -0.39 is 0 Å². The zero-order chi connectivity index (χ0) is 14.6. The number of hydrogen-bond donors (Lipinski definition) is 2. The highest BCUT2D eigenvalue weighted by molar-refractivity contribution is 6.44. The second-order valence-corrected chi connectivity index (χ2v) is 5.77. The van der Waals surface area contributed by atoms with Crippen LogP contribution >= 0.6 is 23.2 Å². The molecule has 1 aromatic rings. The summed E-state index contributed by atoms with van der Waals surface area (Å²) in [6.07, 6.45) is 2.01. The van der Waals surface area contributed by atoms with Crippen molar-refractivity contribution >= 4 is 34.8 Å². The largest absolute Gasteiger partial charge is 0.399 e. The Bertz CT molecular complexity index is 463. The van der Waals surface area contributed by atoms with Crippen LogP contribution in [0, 0.1) is 5.92 Å². The zero-order valence-electron chi connectivity index (χ0n) is 11.5. The molecule has 0 saturated carbocycles. The first-order valence-electron chi connectivity index (χ1n) is 6.40. The van der Waals surface area contributed by atoms with Gasteiger partial charge in [-0.3, -0.25) is 4.79 Å². The number of carbonyl (C=O) groups excluding carboxylic acids is 1. The van der Waals surface area contributed by atoms with Crippen LogP contribution in [-0.2, 0) is 0 Å². The predicted molar refractivity (Wildman–Crippen MR) is 81.9 cm³/mol. The van der Waals surface area contributed by atoms with Gasteiger partial charge in [0.05, 0.1) is 15.6 Å². The molecule has 1 rings (SSSR count). The van der Waals surface area contributed by atoms with Crippen LogP contribution in [0.4, 0.5) is 5.69 Å². The fourth-order valence-corrected chi connectivity index (χ4v) is 2.33. The van der Waals surface area contributed by atoms with Gasteiger partial charge in [-0.1, -0.05) is 43.5 Å². The lowest BCUT2D eigenvalue weighted by molar-refractivity contribution is 0.0935. The van der Waals surface area contributed by atoms with Gasteiger partial charge in [0.2, 0.25) is 0 Å². The highest BCUT2D eigenvalue weighted by atomic mass is 35.5. The summed E-state index contributed by atoms with van der Waals surface area (Å²) in [5.74, 6) is 0.324. The first-order chi connectivity index (χ1) is 8.85. The Balaban J connectivity index is 2.79. The number of nitrogens with one attached hydrogen (secondary N) is 1. The number of rotatable bonds is 5. The van der Waals surface area contributed by atoms with Gasteiger partial charge in [0.1, 0.15) is 0 Å². The second-order valence-electron chi connectivity index (χ2n) is 4.99. The van der Waals surface area contributed by atoms with E-state index in [-0.39, 0.29) is 17.0 Å². The van der Waals surface area contributed by atoms with E-state index in [1.807, 2.05) is 6.92 Å². The Labute approximate surface area is 124 Å². The standard InChI is InChI=1S/C14H20Cl2N2O/c1-4-8(2)5-9(3)18-14(19)11-6-10(17)7-12(15)13(11)16/h6-9H,4-5,17H2,1-3H3,(H,18,19). The molecule has 1 amide bonds. The van der Waals surface area contributed by atoms with E-state index >= 15 is 0 Å². The molecule has 2 unspecified atom stereocenters. The van der Waals surface area contributed by atoms with Crippen molar-refractivity contribution < 1.29 is 4.79 Å². The molecule has 19 heavy (non-hydrogen) atoms. The lowest BCUT2D eigenvalue weighted by Crippen LogP contribution is -2.34. The van der Waals surface area contributed by atoms with E-state index in [1.165, 1.54) is 6.07 Å². The molecule has 0 radical (unpaired) electrons. The van der Waals surface area contributed by atoms with Crippen LogP contribution in [0.15, 0.2) is 12.1 Å². The predicted octanol–water partition coefficient (Wildman–Crippen LogP) is 4.13. The van der Waals surface area contributed by atoms with Gasteiger partial charge in [-0.15, -0.1) is 0 Å². The molecule has 0 spiro atoms. The van der Waals surface area contributed by atoms with Crippen LogP contribution in [0.25, 0.3) is 0 Å². The van der Waals surface area contributed by atoms with E-state index in [4.69, 9.17) is 28.9 Å². The molecule has 0 heterocycles. The number of halogens is 2. The van der Waals surface area contributed by atoms with Crippen LogP contribution < -0.4 is 11.1 Å². The summed E-state index contributed by atoms with van der Waals surface area (Å²) in [4.78, 5) is 12.1. The molecule has 0 aromatic heterocycles. The molecule has 0 aliphatic rings. The average Bonchev–Trinajstić information content (AvgIpc) is 2.33. The summed E-state index contributed by atoms with van der Waals surface area (Å²) in [7, 11) is 0. The highest BCUT2D eigenvalue weighted by Crippen LogP contribution is 2.28. The number of amides is 1. The maximum atomic E-state index is 12.1. The van der Waals surface area contributed by atoms with E-state index in [0.717, 1.165) is 12.8 Å². The first-order valence-corrected chi connectivity index (χ1v) is 7.16. The first kappa shape index (κ1) is 16.1. The quantitative estimate of drug-likeness (QED) is 0.804. The highest BCUT2D eigenvalue weighted by Gasteiger charge is 2.17. The van der Waals surface area contributed by atoms with Crippen molar-refractivity contribution in [2.45, 2.75) is 39.7 Å². The summed E-state index contributed by atoms with van der Waals surface area (Å²) in [5, 5.41) is 3.45. The summed E-state index contributed by atoms with van der Waals surface area (Å²) >= 11 is 11.9. The summed E-state index contributed by atoms with van der Waals surface area (Å²) in [6, 6.07) is 3.15. The monoisotopic (exact) mass is 302 g/mol. The minimum absolute atomic E-state index is 0.0822. The van der Waals surface area contributed by atoms with Gasteiger partial charge in [-0.05, 0) is 31.4 Å². The van der Waals surface area contributed by atoms with Gasteiger partial charge < -0.3 is 11.1 Å². The fourth-order valence-electron chi connectivity index (χ4n) is 1.91. The Kier molecular flexibility index (Phi) is 5.95. The zero-order valence-corrected chi connectivity index (χ0v) is 13.0. The number of anilines is 1. The van der Waals surface area contributed by atoms with Gasteiger partial charge in [0, 0.05) is 11.7 Å². The fraction of sp³-hybridized carbons (Fsp3) is 0.500. The molecule has 0 aliphatic carbocycles. The molecule has 2 atom stereocenters. The van der Waals surface area contributed by atoms with E-state index in [1.54, 1.807) is 6.07 Å². The van der Waals surface area contributed by atoms with Gasteiger partial charge in [-0.2, -0.15) is 0 Å².